The van der Waals surface area contributed by atoms with Gasteiger partial charge in [0, 0.05) is 12.7 Å². The number of nitrogens with zero attached hydrogens (tertiary/aromatic N) is 1. The minimum atomic E-state index is -4.82. The number of benzene rings is 2. The van der Waals surface area contributed by atoms with Crippen molar-refractivity contribution in [1.29, 1.82) is 0 Å². The van der Waals surface area contributed by atoms with Crippen LogP contribution in [0, 0.1) is 0 Å². The molecule has 0 saturated heterocycles. The number of carbonyl (C=O) groups excluding carboxylic acids is 1. The Morgan fingerprint density at radius 3 is 2.11 bits per heavy atom. The van der Waals surface area contributed by atoms with Crippen molar-refractivity contribution >= 4 is 21.6 Å². The topological polar surface area (TPSA) is 75.7 Å². The van der Waals surface area contributed by atoms with Crippen LogP contribution in [-0.2, 0) is 14.8 Å². The number of halogens is 3. The molecule has 0 aliphatic carbocycles. The van der Waals surface area contributed by atoms with E-state index in [1.165, 1.54) is 19.2 Å². The third kappa shape index (κ3) is 5.97. The summed E-state index contributed by atoms with van der Waals surface area (Å²) in [5.74, 6) is -1.09. The van der Waals surface area contributed by atoms with Gasteiger partial charge in [0.25, 0.3) is 0 Å². The minimum Gasteiger partial charge on any atom is -0.406 e. The highest BCUT2D eigenvalue weighted by Gasteiger charge is 2.32. The molecule has 0 heterocycles. The van der Waals surface area contributed by atoms with E-state index in [-0.39, 0.29) is 5.69 Å². The zero-order valence-corrected chi connectivity index (χ0v) is 15.2. The SMILES string of the molecule is CN(C(C(=O)Nc1ccc(OC(F)(F)F)cc1)c1ccccc1)S(C)(=O)=O. The second-order valence-electron chi connectivity index (χ2n) is 5.65. The Kier molecular flexibility index (Phi) is 6.11. The number of hydrogen-bond donors (Lipinski definition) is 1. The molecule has 0 spiro atoms. The molecular weight excluding hydrogens is 385 g/mol. The normalized spacial score (nSPS) is 13.3. The number of likely N-dealkylation sites (N-methyl/N-ethyl adjacent to an activating group) is 1. The number of carbonyl (C=O) groups is 1. The van der Waals surface area contributed by atoms with Gasteiger partial charge in [-0.05, 0) is 29.8 Å². The summed E-state index contributed by atoms with van der Waals surface area (Å²) in [6.07, 6.45) is -3.85. The van der Waals surface area contributed by atoms with Crippen molar-refractivity contribution in [1.82, 2.24) is 4.31 Å². The Morgan fingerprint density at radius 2 is 1.63 bits per heavy atom. The van der Waals surface area contributed by atoms with Crippen LogP contribution in [0.5, 0.6) is 5.75 Å². The van der Waals surface area contributed by atoms with Crippen LogP contribution in [0.3, 0.4) is 0 Å². The minimum absolute atomic E-state index is 0.192. The smallest absolute Gasteiger partial charge is 0.406 e. The van der Waals surface area contributed by atoms with Crippen molar-refractivity contribution < 1.29 is 31.1 Å². The fraction of sp³-hybridized carbons (Fsp3) is 0.235. The highest BCUT2D eigenvalue weighted by atomic mass is 32.2. The van der Waals surface area contributed by atoms with Gasteiger partial charge >= 0.3 is 6.36 Å². The first kappa shape index (κ1) is 20.7. The van der Waals surface area contributed by atoms with Crippen molar-refractivity contribution in [3.8, 4) is 5.75 Å². The summed E-state index contributed by atoms with van der Waals surface area (Å²) in [6.45, 7) is 0. The molecule has 2 aromatic rings. The summed E-state index contributed by atoms with van der Waals surface area (Å²) >= 11 is 0. The lowest BCUT2D eigenvalue weighted by atomic mass is 10.1. The predicted octanol–water partition coefficient (Wildman–Crippen LogP) is 3.16. The molecule has 10 heteroatoms. The molecule has 0 aromatic heterocycles. The van der Waals surface area contributed by atoms with E-state index in [1.54, 1.807) is 30.3 Å². The molecule has 1 amide bonds. The van der Waals surface area contributed by atoms with E-state index in [9.17, 15) is 26.4 Å². The first-order chi connectivity index (χ1) is 12.5. The molecule has 1 N–H and O–H groups in total. The zero-order valence-electron chi connectivity index (χ0n) is 14.4. The maximum Gasteiger partial charge on any atom is 0.573 e. The Morgan fingerprint density at radius 1 is 1.07 bits per heavy atom. The van der Waals surface area contributed by atoms with Crippen LogP contribution in [-0.4, -0.2) is 38.3 Å². The summed E-state index contributed by atoms with van der Waals surface area (Å²) in [5.41, 5.74) is 0.636. The molecule has 0 fully saturated rings. The standard InChI is InChI=1S/C17H17F3N2O4S/c1-22(27(2,24)25)15(12-6-4-3-5-7-12)16(23)21-13-8-10-14(11-9-13)26-17(18,19)20/h3-11,15H,1-2H3,(H,21,23). The lowest BCUT2D eigenvalue weighted by Gasteiger charge is -2.25. The summed E-state index contributed by atoms with van der Waals surface area (Å²) in [4.78, 5) is 12.7. The van der Waals surface area contributed by atoms with Gasteiger partial charge in [-0.1, -0.05) is 30.3 Å². The summed E-state index contributed by atoms with van der Waals surface area (Å²) < 4.78 is 65.1. The van der Waals surface area contributed by atoms with Gasteiger partial charge in [-0.2, -0.15) is 4.31 Å². The van der Waals surface area contributed by atoms with Crippen LogP contribution in [0.15, 0.2) is 54.6 Å². The molecule has 0 radical (unpaired) electrons. The fourth-order valence-corrected chi connectivity index (χ4v) is 2.90. The average molecular weight is 402 g/mol. The van der Waals surface area contributed by atoms with Gasteiger partial charge in [0.1, 0.15) is 11.8 Å². The van der Waals surface area contributed by atoms with Crippen LogP contribution < -0.4 is 10.1 Å². The van der Waals surface area contributed by atoms with Crippen LogP contribution in [0.25, 0.3) is 0 Å². The highest BCUT2D eigenvalue weighted by molar-refractivity contribution is 7.88. The molecule has 0 aliphatic heterocycles. The van der Waals surface area contributed by atoms with E-state index in [0.717, 1.165) is 22.7 Å². The number of anilines is 1. The van der Waals surface area contributed by atoms with Crippen LogP contribution >= 0.6 is 0 Å². The molecule has 2 rings (SSSR count). The number of ether oxygens (including phenoxy) is 1. The highest BCUT2D eigenvalue weighted by Crippen LogP contribution is 2.26. The number of amides is 1. The quantitative estimate of drug-likeness (QED) is 0.806. The third-order valence-electron chi connectivity index (χ3n) is 3.61. The Balaban J connectivity index is 2.23. The molecule has 0 bridgehead atoms. The van der Waals surface area contributed by atoms with Crippen LogP contribution in [0.1, 0.15) is 11.6 Å². The Labute approximate surface area is 154 Å². The zero-order chi connectivity index (χ0) is 20.2. The summed E-state index contributed by atoms with van der Waals surface area (Å²) in [6, 6.07) is 11.6. The maximum atomic E-state index is 12.7. The van der Waals surface area contributed by atoms with Crippen molar-refractivity contribution in [3.05, 3.63) is 60.2 Å². The van der Waals surface area contributed by atoms with E-state index >= 15 is 0 Å². The second kappa shape index (κ2) is 7.97. The van der Waals surface area contributed by atoms with Gasteiger partial charge in [0.05, 0.1) is 6.26 Å². The molecule has 27 heavy (non-hydrogen) atoms. The molecule has 0 aliphatic rings. The Bertz CT molecular complexity index is 885. The van der Waals surface area contributed by atoms with Gasteiger partial charge in [0.15, 0.2) is 0 Å². The molecule has 2 aromatic carbocycles. The van der Waals surface area contributed by atoms with Gasteiger partial charge < -0.3 is 10.1 Å². The van der Waals surface area contributed by atoms with Crippen molar-refractivity contribution in [2.75, 3.05) is 18.6 Å². The molecule has 1 atom stereocenters. The molecular formula is C17H17F3N2O4S. The largest absolute Gasteiger partial charge is 0.573 e. The van der Waals surface area contributed by atoms with E-state index in [4.69, 9.17) is 0 Å². The van der Waals surface area contributed by atoms with Crippen LogP contribution in [0.4, 0.5) is 18.9 Å². The molecule has 0 saturated carbocycles. The monoisotopic (exact) mass is 402 g/mol. The first-order valence-corrected chi connectivity index (χ1v) is 9.47. The van der Waals surface area contributed by atoms with Crippen LogP contribution in [0.2, 0.25) is 0 Å². The lowest BCUT2D eigenvalue weighted by molar-refractivity contribution is -0.274. The first-order valence-electron chi connectivity index (χ1n) is 7.62. The number of hydrogen-bond acceptors (Lipinski definition) is 4. The molecule has 6 nitrogen and oxygen atoms in total. The third-order valence-corrected chi connectivity index (χ3v) is 4.86. The molecule has 146 valence electrons. The number of nitrogens with one attached hydrogen (secondary N) is 1. The van der Waals surface area contributed by atoms with Gasteiger partial charge in [-0.15, -0.1) is 13.2 Å². The van der Waals surface area contributed by atoms with Gasteiger partial charge in [-0.25, -0.2) is 8.42 Å². The predicted molar refractivity (Wildman–Crippen MR) is 93.5 cm³/mol. The molecule has 1 unspecified atom stereocenters. The summed E-state index contributed by atoms with van der Waals surface area (Å²) in [5, 5.41) is 2.50. The Hall–Kier alpha value is -2.59. The number of rotatable bonds is 6. The number of alkyl halides is 3. The summed E-state index contributed by atoms with van der Waals surface area (Å²) in [7, 11) is -2.42. The van der Waals surface area contributed by atoms with Gasteiger partial charge in [0.2, 0.25) is 15.9 Å². The van der Waals surface area contributed by atoms with Crippen molar-refractivity contribution in [2.24, 2.45) is 0 Å². The average Bonchev–Trinajstić information content (AvgIpc) is 2.55. The number of sulfonamides is 1. The lowest BCUT2D eigenvalue weighted by Crippen LogP contribution is -2.38. The van der Waals surface area contributed by atoms with Gasteiger partial charge in [-0.3, -0.25) is 4.79 Å². The second-order valence-corrected chi connectivity index (χ2v) is 7.70. The fourth-order valence-electron chi connectivity index (χ4n) is 2.30. The van der Waals surface area contributed by atoms with E-state index < -0.39 is 34.1 Å². The van der Waals surface area contributed by atoms with E-state index in [1.807, 2.05) is 0 Å². The van der Waals surface area contributed by atoms with Crippen molar-refractivity contribution in [3.63, 3.8) is 0 Å². The van der Waals surface area contributed by atoms with E-state index in [2.05, 4.69) is 10.1 Å². The maximum absolute atomic E-state index is 12.7. The van der Waals surface area contributed by atoms with E-state index in [0.29, 0.717) is 5.56 Å². The van der Waals surface area contributed by atoms with Crippen molar-refractivity contribution in [2.45, 2.75) is 12.4 Å².